The molecule has 0 aromatic rings. The summed E-state index contributed by atoms with van der Waals surface area (Å²) in [6, 6.07) is 0. The van der Waals surface area contributed by atoms with E-state index in [0.717, 1.165) is 38.1 Å². The number of piperidine rings is 2. The molecule has 0 saturated carbocycles. The molecule has 0 radical (unpaired) electrons. The van der Waals surface area contributed by atoms with E-state index >= 15 is 0 Å². The van der Waals surface area contributed by atoms with Gasteiger partial charge in [0.15, 0.2) is 0 Å². The average molecular weight is 318 g/mol. The highest BCUT2D eigenvalue weighted by Gasteiger charge is 2.25. The molecule has 1 N–H and O–H groups in total. The van der Waals surface area contributed by atoms with E-state index in [-0.39, 0.29) is 12.4 Å². The van der Waals surface area contributed by atoms with E-state index in [4.69, 9.17) is 4.74 Å². The molecule has 3 saturated heterocycles. The lowest BCUT2D eigenvalue weighted by atomic mass is 9.94. The van der Waals surface area contributed by atoms with Crippen molar-refractivity contribution in [3.8, 4) is 0 Å². The predicted octanol–water partition coefficient (Wildman–Crippen LogP) is 1.45. The van der Waals surface area contributed by atoms with Gasteiger partial charge in [-0.2, -0.15) is 0 Å². The van der Waals surface area contributed by atoms with Crippen LogP contribution in [0.5, 0.6) is 0 Å². The Labute approximate surface area is 136 Å². The first-order valence-electron chi connectivity index (χ1n) is 8.63. The van der Waals surface area contributed by atoms with Crippen LogP contribution in [-0.4, -0.2) is 75.4 Å². The normalized spacial score (nSPS) is 32.6. The number of halogens is 1. The van der Waals surface area contributed by atoms with Gasteiger partial charge in [-0.05, 0) is 57.2 Å². The second kappa shape index (κ2) is 9.31. The van der Waals surface area contributed by atoms with Crippen LogP contribution in [0.25, 0.3) is 0 Å². The van der Waals surface area contributed by atoms with Crippen molar-refractivity contribution in [1.82, 2.24) is 15.1 Å². The highest BCUT2D eigenvalue weighted by Crippen LogP contribution is 2.21. The van der Waals surface area contributed by atoms with E-state index in [1.807, 2.05) is 0 Å². The molecular weight excluding hydrogens is 286 g/mol. The fourth-order valence-corrected chi connectivity index (χ4v) is 4.06. The van der Waals surface area contributed by atoms with Crippen molar-refractivity contribution in [2.45, 2.75) is 25.7 Å². The second-order valence-electron chi connectivity index (χ2n) is 6.89. The summed E-state index contributed by atoms with van der Waals surface area (Å²) in [6.07, 6.45) is 5.62. The number of likely N-dealkylation sites (tertiary alicyclic amines) is 1. The zero-order valence-electron chi connectivity index (χ0n) is 13.3. The summed E-state index contributed by atoms with van der Waals surface area (Å²) in [6.45, 7) is 11.9. The van der Waals surface area contributed by atoms with E-state index in [0.29, 0.717) is 0 Å². The van der Waals surface area contributed by atoms with E-state index in [1.54, 1.807) is 0 Å². The van der Waals surface area contributed by atoms with Crippen molar-refractivity contribution in [1.29, 1.82) is 0 Å². The lowest BCUT2D eigenvalue weighted by molar-refractivity contribution is 0.0217. The van der Waals surface area contributed by atoms with Gasteiger partial charge in [0.25, 0.3) is 0 Å². The average Bonchev–Trinajstić information content (AvgIpc) is 2.50. The maximum atomic E-state index is 5.45. The maximum Gasteiger partial charge on any atom is 0.0594 e. The highest BCUT2D eigenvalue weighted by atomic mass is 35.5. The molecule has 3 heterocycles. The van der Waals surface area contributed by atoms with Gasteiger partial charge < -0.3 is 15.0 Å². The van der Waals surface area contributed by atoms with Gasteiger partial charge in [-0.15, -0.1) is 12.4 Å². The molecule has 0 amide bonds. The first-order valence-corrected chi connectivity index (χ1v) is 8.63. The Kier molecular flexibility index (Phi) is 7.75. The molecule has 1 unspecified atom stereocenters. The topological polar surface area (TPSA) is 27.7 Å². The van der Waals surface area contributed by atoms with Crippen molar-refractivity contribution in [2.24, 2.45) is 11.8 Å². The molecule has 3 aliphatic rings. The molecule has 3 fully saturated rings. The van der Waals surface area contributed by atoms with E-state index in [9.17, 15) is 0 Å². The zero-order chi connectivity index (χ0) is 13.6. The second-order valence-corrected chi connectivity index (χ2v) is 6.89. The van der Waals surface area contributed by atoms with Crippen LogP contribution in [-0.2, 0) is 4.74 Å². The zero-order valence-corrected chi connectivity index (χ0v) is 14.1. The van der Waals surface area contributed by atoms with Gasteiger partial charge in [0.2, 0.25) is 0 Å². The monoisotopic (exact) mass is 317 g/mol. The first kappa shape index (κ1) is 17.5. The quantitative estimate of drug-likeness (QED) is 0.849. The fraction of sp³-hybridized carbons (Fsp3) is 1.00. The standard InChI is InChI=1S/C16H31N3O.ClH/c1-3-15(11-17-5-1)12-19-6-2-4-16(14-19)13-18-7-9-20-10-8-18;/h15-17H,1-14H2;1H/t15?,16-;/m0./s1. The summed E-state index contributed by atoms with van der Waals surface area (Å²) in [4.78, 5) is 5.35. The SMILES string of the molecule is C1CNCC(CN2CCC[C@@H](CN3CCOCC3)C2)C1.Cl. The van der Waals surface area contributed by atoms with Crippen LogP contribution in [0, 0.1) is 11.8 Å². The van der Waals surface area contributed by atoms with Crippen molar-refractivity contribution >= 4 is 12.4 Å². The minimum absolute atomic E-state index is 0. The molecule has 0 aliphatic carbocycles. The minimum Gasteiger partial charge on any atom is -0.379 e. The van der Waals surface area contributed by atoms with Crippen LogP contribution in [0.1, 0.15) is 25.7 Å². The number of hydrogen-bond acceptors (Lipinski definition) is 4. The number of nitrogens with zero attached hydrogens (tertiary/aromatic N) is 2. The summed E-state index contributed by atoms with van der Waals surface area (Å²) >= 11 is 0. The molecule has 21 heavy (non-hydrogen) atoms. The van der Waals surface area contributed by atoms with Gasteiger partial charge in [0, 0.05) is 32.7 Å². The molecule has 3 rings (SSSR count). The summed E-state index contributed by atoms with van der Waals surface area (Å²) in [5.41, 5.74) is 0. The largest absolute Gasteiger partial charge is 0.379 e. The summed E-state index contributed by atoms with van der Waals surface area (Å²) in [7, 11) is 0. The van der Waals surface area contributed by atoms with Crippen LogP contribution in [0.4, 0.5) is 0 Å². The highest BCUT2D eigenvalue weighted by molar-refractivity contribution is 5.85. The Balaban J connectivity index is 0.00000161. The fourth-order valence-electron chi connectivity index (χ4n) is 4.06. The lowest BCUT2D eigenvalue weighted by Crippen LogP contribution is -2.46. The molecular formula is C16H32ClN3O. The number of ether oxygens (including phenoxy) is 1. The molecule has 5 heteroatoms. The summed E-state index contributed by atoms with van der Waals surface area (Å²) in [5, 5.41) is 3.55. The minimum atomic E-state index is 0. The molecule has 124 valence electrons. The molecule has 0 aromatic heterocycles. The van der Waals surface area contributed by atoms with Crippen LogP contribution >= 0.6 is 12.4 Å². The third kappa shape index (κ3) is 5.68. The van der Waals surface area contributed by atoms with Crippen molar-refractivity contribution in [3.05, 3.63) is 0 Å². The van der Waals surface area contributed by atoms with Crippen LogP contribution in [0.3, 0.4) is 0 Å². The smallest absolute Gasteiger partial charge is 0.0594 e. The van der Waals surface area contributed by atoms with E-state index in [1.165, 1.54) is 65.0 Å². The molecule has 0 bridgehead atoms. The molecule has 0 aromatic carbocycles. The Morgan fingerprint density at radius 3 is 2.43 bits per heavy atom. The maximum absolute atomic E-state index is 5.45. The Hall–Kier alpha value is 0.130. The Bertz CT molecular complexity index is 255. The molecule has 4 nitrogen and oxygen atoms in total. The van der Waals surface area contributed by atoms with Crippen molar-refractivity contribution < 1.29 is 4.74 Å². The molecule has 2 atom stereocenters. The third-order valence-corrected chi connectivity index (χ3v) is 5.14. The number of nitrogens with one attached hydrogen (secondary N) is 1. The van der Waals surface area contributed by atoms with Gasteiger partial charge in [0.05, 0.1) is 13.2 Å². The van der Waals surface area contributed by atoms with Crippen LogP contribution < -0.4 is 5.32 Å². The van der Waals surface area contributed by atoms with Crippen LogP contribution in [0.15, 0.2) is 0 Å². The lowest BCUT2D eigenvalue weighted by Gasteiger charge is -2.38. The van der Waals surface area contributed by atoms with E-state index in [2.05, 4.69) is 15.1 Å². The van der Waals surface area contributed by atoms with Gasteiger partial charge in [-0.1, -0.05) is 0 Å². The van der Waals surface area contributed by atoms with Gasteiger partial charge in [-0.3, -0.25) is 4.90 Å². The van der Waals surface area contributed by atoms with Gasteiger partial charge >= 0.3 is 0 Å². The van der Waals surface area contributed by atoms with Crippen LogP contribution in [0.2, 0.25) is 0 Å². The molecule has 3 aliphatic heterocycles. The van der Waals surface area contributed by atoms with Gasteiger partial charge in [-0.25, -0.2) is 0 Å². The number of rotatable bonds is 4. The van der Waals surface area contributed by atoms with Crippen molar-refractivity contribution in [3.63, 3.8) is 0 Å². The summed E-state index contributed by atoms with van der Waals surface area (Å²) in [5.74, 6) is 1.78. The Morgan fingerprint density at radius 2 is 1.67 bits per heavy atom. The number of morpholine rings is 1. The Morgan fingerprint density at radius 1 is 0.905 bits per heavy atom. The van der Waals surface area contributed by atoms with Gasteiger partial charge in [0.1, 0.15) is 0 Å². The number of hydrogen-bond donors (Lipinski definition) is 1. The van der Waals surface area contributed by atoms with E-state index < -0.39 is 0 Å². The first-order chi connectivity index (χ1) is 9.90. The summed E-state index contributed by atoms with van der Waals surface area (Å²) < 4.78 is 5.45. The molecule has 0 spiro atoms. The predicted molar refractivity (Wildman–Crippen MR) is 89.3 cm³/mol. The van der Waals surface area contributed by atoms with Crippen molar-refractivity contribution in [2.75, 3.05) is 65.6 Å². The third-order valence-electron chi connectivity index (χ3n) is 5.14.